The molecule has 1 aliphatic heterocycles. The second-order valence-electron chi connectivity index (χ2n) is 10.9. The number of allylic oxidation sites excluding steroid dienone is 2. The Balaban J connectivity index is 1.61. The number of amides is 1. The number of nitrogens with zero attached hydrogens (tertiary/aromatic N) is 5. The van der Waals surface area contributed by atoms with Crippen molar-refractivity contribution < 1.29 is 22.7 Å². The van der Waals surface area contributed by atoms with Gasteiger partial charge in [-0.15, -0.1) is 5.10 Å². The molecule has 0 bridgehead atoms. The monoisotopic (exact) mass is 565 g/mol. The van der Waals surface area contributed by atoms with E-state index in [4.69, 9.17) is 15.5 Å². The van der Waals surface area contributed by atoms with Crippen molar-refractivity contribution in [2.24, 2.45) is 22.1 Å². The molecule has 1 atom stereocenters. The molecule has 4 rings (SSSR count). The highest BCUT2D eigenvalue weighted by molar-refractivity contribution is 8.02. The Morgan fingerprint density at radius 2 is 2.05 bits per heavy atom. The van der Waals surface area contributed by atoms with Crippen molar-refractivity contribution in [3.8, 4) is 11.7 Å². The third-order valence-electron chi connectivity index (χ3n) is 7.07. The molecule has 2 aliphatic rings. The molecule has 9 nitrogen and oxygen atoms in total. The van der Waals surface area contributed by atoms with Gasteiger partial charge < -0.3 is 15.4 Å². The highest BCUT2D eigenvalue weighted by Crippen LogP contribution is 2.57. The average molecular weight is 566 g/mol. The van der Waals surface area contributed by atoms with Crippen LogP contribution in [0.4, 0.5) is 19.0 Å². The normalized spacial score (nSPS) is 20.7. The van der Waals surface area contributed by atoms with Crippen LogP contribution in [0.25, 0.3) is 5.82 Å². The quantitative estimate of drug-likeness (QED) is 0.329. The van der Waals surface area contributed by atoms with Crippen LogP contribution in [0.3, 0.4) is 0 Å². The van der Waals surface area contributed by atoms with Gasteiger partial charge >= 0.3 is 6.18 Å². The summed E-state index contributed by atoms with van der Waals surface area (Å²) in [5.74, 6) is 1.02. The van der Waals surface area contributed by atoms with Crippen molar-refractivity contribution in [3.63, 3.8) is 0 Å². The number of anilines is 1. The zero-order valence-electron chi connectivity index (χ0n) is 22.7. The van der Waals surface area contributed by atoms with Gasteiger partial charge in [-0.2, -0.15) is 13.2 Å². The molecule has 1 unspecified atom stereocenters. The Hall–Kier alpha value is -3.22. The SMILES string of the molecule is CN=CC(SNC(=O)c1ccc(-n2ccc(OCC3(C(F)(F)F)CC3)n2)nc1N1CC(C)CC1(C)C)=C(C)N. The number of nitrogens with two attached hydrogens (primary N) is 1. The fourth-order valence-corrected chi connectivity index (χ4v) is 5.41. The van der Waals surface area contributed by atoms with E-state index in [-0.39, 0.29) is 30.2 Å². The van der Waals surface area contributed by atoms with Gasteiger partial charge in [0, 0.05) is 43.3 Å². The molecule has 13 heteroatoms. The first kappa shape index (κ1) is 28.8. The number of alkyl halides is 3. The highest BCUT2D eigenvalue weighted by atomic mass is 32.2. The van der Waals surface area contributed by atoms with Crippen LogP contribution in [0.15, 0.2) is 40.0 Å². The number of nitrogens with one attached hydrogen (secondary N) is 1. The van der Waals surface area contributed by atoms with Crippen LogP contribution in [0.1, 0.15) is 57.3 Å². The largest absolute Gasteiger partial charge is 0.476 e. The lowest BCUT2D eigenvalue weighted by Gasteiger charge is -2.34. The molecule has 3 N–H and O–H groups in total. The van der Waals surface area contributed by atoms with Crippen molar-refractivity contribution in [3.05, 3.63) is 40.6 Å². The zero-order chi connectivity index (χ0) is 28.6. The Kier molecular flexibility index (Phi) is 7.93. The second-order valence-corrected chi connectivity index (χ2v) is 11.8. The molecule has 1 saturated heterocycles. The second kappa shape index (κ2) is 10.7. The fraction of sp³-hybridized carbons (Fsp3) is 0.538. The Bertz CT molecular complexity index is 1280. The summed E-state index contributed by atoms with van der Waals surface area (Å²) in [6, 6.07) is 4.82. The predicted molar refractivity (Wildman–Crippen MR) is 146 cm³/mol. The van der Waals surface area contributed by atoms with Crippen LogP contribution in [0.2, 0.25) is 0 Å². The van der Waals surface area contributed by atoms with E-state index in [0.29, 0.717) is 40.3 Å². The molecule has 2 fully saturated rings. The van der Waals surface area contributed by atoms with Crippen molar-refractivity contribution >= 4 is 29.9 Å². The number of carbonyl (C=O) groups excluding carboxylic acids is 1. The van der Waals surface area contributed by atoms with Gasteiger partial charge in [-0.1, -0.05) is 6.92 Å². The van der Waals surface area contributed by atoms with Crippen molar-refractivity contribution in [2.45, 2.75) is 58.7 Å². The standard InChI is InChI=1S/C26H34F3N7O2S/c1-16-12-24(3,4)35(14-16)22-18(23(37)34-39-19(13-31-5)17(2)30)6-7-20(32-22)36-11-8-21(33-36)38-15-25(9-10-25)26(27,28)29/h6-8,11,13,16H,9-10,12,14-15,30H2,1-5H3,(H,34,37). The number of aliphatic imine (C=N–C) groups is 1. The first-order valence-corrected chi connectivity index (χ1v) is 13.5. The van der Waals surface area contributed by atoms with E-state index >= 15 is 0 Å². The molecule has 3 heterocycles. The average Bonchev–Trinajstić information content (AvgIpc) is 3.43. The Morgan fingerprint density at radius 1 is 1.33 bits per heavy atom. The molecule has 1 amide bonds. The molecule has 39 heavy (non-hydrogen) atoms. The molecule has 1 saturated carbocycles. The molecule has 1 aliphatic carbocycles. The summed E-state index contributed by atoms with van der Waals surface area (Å²) in [5.41, 5.74) is 4.76. The van der Waals surface area contributed by atoms with Gasteiger partial charge in [-0.05, 0) is 70.0 Å². The maximum absolute atomic E-state index is 13.3. The van der Waals surface area contributed by atoms with Crippen LogP contribution < -0.4 is 20.1 Å². The van der Waals surface area contributed by atoms with Gasteiger partial charge in [0.1, 0.15) is 17.8 Å². The number of ether oxygens (including phenoxy) is 1. The molecule has 212 valence electrons. The number of aromatic nitrogens is 3. The summed E-state index contributed by atoms with van der Waals surface area (Å²) in [4.78, 5) is 24.8. The van der Waals surface area contributed by atoms with Gasteiger partial charge in [0.25, 0.3) is 5.91 Å². The molecular formula is C26H34F3N7O2S. The molecule has 0 radical (unpaired) electrons. The fourth-order valence-electron chi connectivity index (χ4n) is 4.78. The Labute approximate surface area is 230 Å². The minimum atomic E-state index is -4.30. The van der Waals surface area contributed by atoms with E-state index in [0.717, 1.165) is 18.4 Å². The zero-order valence-corrected chi connectivity index (χ0v) is 23.5. The van der Waals surface area contributed by atoms with Gasteiger partial charge in [0.05, 0.1) is 10.5 Å². The van der Waals surface area contributed by atoms with E-state index in [2.05, 4.69) is 40.5 Å². The van der Waals surface area contributed by atoms with E-state index in [1.54, 1.807) is 38.5 Å². The molecule has 2 aromatic rings. The number of hydrogen-bond donors (Lipinski definition) is 2. The number of hydrogen-bond acceptors (Lipinski definition) is 8. The van der Waals surface area contributed by atoms with Crippen LogP contribution in [-0.2, 0) is 0 Å². The van der Waals surface area contributed by atoms with Gasteiger partial charge in [-0.3, -0.25) is 14.5 Å². The van der Waals surface area contributed by atoms with Crippen LogP contribution in [0.5, 0.6) is 5.88 Å². The number of pyridine rings is 1. The number of rotatable bonds is 9. The molecule has 0 aromatic carbocycles. The minimum Gasteiger partial charge on any atom is -0.476 e. The summed E-state index contributed by atoms with van der Waals surface area (Å²) in [6.07, 6.45) is -0.119. The summed E-state index contributed by atoms with van der Waals surface area (Å²) >= 11 is 1.07. The maximum atomic E-state index is 13.3. The van der Waals surface area contributed by atoms with Gasteiger partial charge in [-0.25, -0.2) is 9.67 Å². The smallest absolute Gasteiger partial charge is 0.397 e. The lowest BCUT2D eigenvalue weighted by Crippen LogP contribution is -2.40. The number of halogens is 3. The molecule has 2 aromatic heterocycles. The van der Waals surface area contributed by atoms with Crippen LogP contribution in [-0.4, -0.2) is 58.8 Å². The lowest BCUT2D eigenvalue weighted by atomic mass is 9.97. The molecular weight excluding hydrogens is 531 g/mol. The van der Waals surface area contributed by atoms with Crippen molar-refractivity contribution in [1.29, 1.82) is 0 Å². The first-order valence-electron chi connectivity index (χ1n) is 12.7. The topological polar surface area (TPSA) is 111 Å². The highest BCUT2D eigenvalue weighted by Gasteiger charge is 2.64. The van der Waals surface area contributed by atoms with E-state index < -0.39 is 18.2 Å². The predicted octanol–water partition coefficient (Wildman–Crippen LogP) is 4.88. The summed E-state index contributed by atoms with van der Waals surface area (Å²) in [6.45, 7) is 8.32. The lowest BCUT2D eigenvalue weighted by molar-refractivity contribution is -0.194. The van der Waals surface area contributed by atoms with Gasteiger partial charge in [0.2, 0.25) is 5.88 Å². The summed E-state index contributed by atoms with van der Waals surface area (Å²) in [7, 11) is 1.62. The molecule has 0 spiro atoms. The van der Waals surface area contributed by atoms with Crippen molar-refractivity contribution in [2.75, 3.05) is 25.1 Å². The maximum Gasteiger partial charge on any atom is 0.397 e. The minimum absolute atomic E-state index is 0.0569. The van der Waals surface area contributed by atoms with Gasteiger partial charge in [0.15, 0.2) is 5.82 Å². The van der Waals surface area contributed by atoms with Crippen molar-refractivity contribution in [1.82, 2.24) is 19.5 Å². The third-order valence-corrected chi connectivity index (χ3v) is 8.01. The number of carbonyl (C=O) groups is 1. The Morgan fingerprint density at radius 3 is 2.62 bits per heavy atom. The van der Waals surface area contributed by atoms with Crippen LogP contribution >= 0.6 is 11.9 Å². The summed E-state index contributed by atoms with van der Waals surface area (Å²) < 4.78 is 49.5. The van der Waals surface area contributed by atoms with Crippen LogP contribution in [0, 0.1) is 11.3 Å². The van der Waals surface area contributed by atoms with E-state index in [1.807, 2.05) is 0 Å². The van der Waals surface area contributed by atoms with E-state index in [9.17, 15) is 18.0 Å². The first-order chi connectivity index (χ1) is 18.3. The van der Waals surface area contributed by atoms with E-state index in [1.165, 1.54) is 10.7 Å². The third kappa shape index (κ3) is 6.18. The summed E-state index contributed by atoms with van der Waals surface area (Å²) in [5, 5.41) is 4.29.